The summed E-state index contributed by atoms with van der Waals surface area (Å²) >= 11 is 6.35. The molecule has 2 atom stereocenters. The number of anilines is 1. The number of aliphatic hydroxyl groups excluding tert-OH is 2. The van der Waals surface area contributed by atoms with Crippen LogP contribution in [0.3, 0.4) is 0 Å². The van der Waals surface area contributed by atoms with E-state index in [1.165, 1.54) is 6.42 Å². The molecule has 1 aromatic carbocycles. The summed E-state index contributed by atoms with van der Waals surface area (Å²) < 4.78 is 0. The van der Waals surface area contributed by atoms with Crippen LogP contribution in [-0.4, -0.2) is 29.4 Å². The van der Waals surface area contributed by atoms with Gasteiger partial charge in [-0.05, 0) is 50.3 Å². The Morgan fingerprint density at radius 1 is 1.47 bits per heavy atom. The van der Waals surface area contributed by atoms with Crippen LogP contribution in [0, 0.1) is 0 Å². The van der Waals surface area contributed by atoms with Gasteiger partial charge in [0.25, 0.3) is 0 Å². The summed E-state index contributed by atoms with van der Waals surface area (Å²) in [4.78, 5) is 2.34. The fraction of sp³-hybridized carbons (Fsp3) is 0.600. The molecule has 19 heavy (non-hydrogen) atoms. The Labute approximate surface area is 119 Å². The van der Waals surface area contributed by atoms with Crippen molar-refractivity contribution < 1.29 is 10.2 Å². The first-order valence-electron chi connectivity index (χ1n) is 6.98. The lowest BCUT2D eigenvalue weighted by atomic mass is 10.1. The second-order valence-corrected chi connectivity index (χ2v) is 5.65. The molecule has 0 aliphatic carbocycles. The predicted molar refractivity (Wildman–Crippen MR) is 78.8 cm³/mol. The Hall–Kier alpha value is -0.770. The number of aliphatic hydroxyl groups is 2. The molecule has 1 fully saturated rings. The number of halogens is 1. The van der Waals surface area contributed by atoms with E-state index in [0.717, 1.165) is 37.1 Å². The van der Waals surface area contributed by atoms with Crippen molar-refractivity contribution in [3.8, 4) is 0 Å². The van der Waals surface area contributed by atoms with Crippen molar-refractivity contribution in [3.63, 3.8) is 0 Å². The Morgan fingerprint density at radius 2 is 2.26 bits per heavy atom. The highest BCUT2D eigenvalue weighted by Gasteiger charge is 2.25. The molecule has 1 aliphatic heterocycles. The fourth-order valence-corrected chi connectivity index (χ4v) is 3.09. The molecule has 4 heteroatoms. The van der Waals surface area contributed by atoms with E-state index in [-0.39, 0.29) is 6.61 Å². The van der Waals surface area contributed by atoms with E-state index in [4.69, 9.17) is 16.7 Å². The van der Waals surface area contributed by atoms with Crippen molar-refractivity contribution in [2.24, 2.45) is 0 Å². The van der Waals surface area contributed by atoms with E-state index in [1.807, 2.05) is 18.2 Å². The molecule has 0 aromatic heterocycles. The molecule has 1 saturated heterocycles. The van der Waals surface area contributed by atoms with Gasteiger partial charge in [0.1, 0.15) is 0 Å². The van der Waals surface area contributed by atoms with Crippen LogP contribution in [0.2, 0.25) is 5.02 Å². The van der Waals surface area contributed by atoms with Gasteiger partial charge in [0.15, 0.2) is 0 Å². The van der Waals surface area contributed by atoms with E-state index < -0.39 is 6.10 Å². The van der Waals surface area contributed by atoms with Crippen LogP contribution in [0.15, 0.2) is 18.2 Å². The van der Waals surface area contributed by atoms with E-state index in [0.29, 0.717) is 11.1 Å². The van der Waals surface area contributed by atoms with Gasteiger partial charge in [0.05, 0.1) is 16.8 Å². The van der Waals surface area contributed by atoms with Crippen LogP contribution in [0.25, 0.3) is 0 Å². The van der Waals surface area contributed by atoms with Crippen LogP contribution in [0.1, 0.15) is 44.3 Å². The largest absolute Gasteiger partial charge is 0.396 e. The van der Waals surface area contributed by atoms with E-state index in [1.54, 1.807) is 6.92 Å². The molecule has 0 spiro atoms. The molecule has 0 amide bonds. The molecule has 106 valence electrons. The summed E-state index contributed by atoms with van der Waals surface area (Å²) in [5.74, 6) is 0. The second kappa shape index (κ2) is 6.60. The highest BCUT2D eigenvalue weighted by Crippen LogP contribution is 2.34. The topological polar surface area (TPSA) is 43.7 Å². The molecule has 0 saturated carbocycles. The van der Waals surface area contributed by atoms with Gasteiger partial charge >= 0.3 is 0 Å². The Balaban J connectivity index is 2.16. The second-order valence-electron chi connectivity index (χ2n) is 5.24. The normalized spacial score (nSPS) is 20.8. The fourth-order valence-electron chi connectivity index (χ4n) is 2.80. The van der Waals surface area contributed by atoms with Gasteiger partial charge in [-0.2, -0.15) is 0 Å². The quantitative estimate of drug-likeness (QED) is 0.872. The Bertz CT molecular complexity index is 423. The maximum atomic E-state index is 9.57. The van der Waals surface area contributed by atoms with Gasteiger partial charge in [-0.25, -0.2) is 0 Å². The average molecular weight is 284 g/mol. The minimum atomic E-state index is -0.490. The van der Waals surface area contributed by atoms with Gasteiger partial charge in [0.2, 0.25) is 0 Å². The lowest BCUT2D eigenvalue weighted by Gasteiger charge is -2.28. The van der Waals surface area contributed by atoms with Gasteiger partial charge in [-0.1, -0.05) is 17.7 Å². The zero-order valence-corrected chi connectivity index (χ0v) is 12.1. The zero-order chi connectivity index (χ0) is 13.8. The first-order chi connectivity index (χ1) is 9.13. The van der Waals surface area contributed by atoms with Gasteiger partial charge in [-0.15, -0.1) is 0 Å². The van der Waals surface area contributed by atoms with Gasteiger partial charge in [-0.3, -0.25) is 0 Å². The molecule has 0 radical (unpaired) electrons. The third-order valence-electron chi connectivity index (χ3n) is 3.84. The highest BCUT2D eigenvalue weighted by atomic mass is 35.5. The number of benzene rings is 1. The lowest BCUT2D eigenvalue weighted by molar-refractivity contribution is 0.199. The Kier molecular flexibility index (Phi) is 5.08. The highest BCUT2D eigenvalue weighted by molar-refractivity contribution is 6.33. The maximum Gasteiger partial charge on any atom is 0.0762 e. The molecule has 3 nitrogen and oxygen atoms in total. The minimum Gasteiger partial charge on any atom is -0.396 e. The van der Waals surface area contributed by atoms with E-state index in [2.05, 4.69) is 4.90 Å². The van der Waals surface area contributed by atoms with Crippen molar-refractivity contribution in [3.05, 3.63) is 28.8 Å². The van der Waals surface area contributed by atoms with Crippen LogP contribution < -0.4 is 4.90 Å². The standard InChI is InChI=1S/C15H22ClNO2/c1-11(19)12-6-7-15(14(16)10-12)17-8-2-4-13(17)5-3-9-18/h6-7,10-11,13,18-19H,2-5,8-9H2,1H3/t11-,13?/m1/s1. The average Bonchev–Trinajstić information content (AvgIpc) is 2.84. The maximum absolute atomic E-state index is 9.57. The molecule has 0 bridgehead atoms. The minimum absolute atomic E-state index is 0.249. The van der Waals surface area contributed by atoms with Crippen LogP contribution in [-0.2, 0) is 0 Å². The molecular weight excluding hydrogens is 262 g/mol. The summed E-state index contributed by atoms with van der Waals surface area (Å²) in [6.45, 7) is 3.01. The number of rotatable bonds is 5. The lowest BCUT2D eigenvalue weighted by Crippen LogP contribution is -2.29. The van der Waals surface area contributed by atoms with Crippen LogP contribution >= 0.6 is 11.6 Å². The smallest absolute Gasteiger partial charge is 0.0762 e. The Morgan fingerprint density at radius 3 is 2.89 bits per heavy atom. The molecule has 2 N–H and O–H groups in total. The first kappa shape index (κ1) is 14.6. The molecule has 1 heterocycles. The van der Waals surface area contributed by atoms with Crippen LogP contribution in [0.5, 0.6) is 0 Å². The van der Waals surface area contributed by atoms with Crippen molar-refractivity contribution in [1.82, 2.24) is 0 Å². The van der Waals surface area contributed by atoms with Crippen molar-refractivity contribution in [1.29, 1.82) is 0 Å². The van der Waals surface area contributed by atoms with Crippen molar-refractivity contribution in [2.75, 3.05) is 18.1 Å². The van der Waals surface area contributed by atoms with Gasteiger partial charge < -0.3 is 15.1 Å². The SMILES string of the molecule is C[C@@H](O)c1ccc(N2CCCC2CCCO)c(Cl)c1. The monoisotopic (exact) mass is 283 g/mol. The molecule has 1 aromatic rings. The van der Waals surface area contributed by atoms with Crippen molar-refractivity contribution in [2.45, 2.75) is 44.8 Å². The summed E-state index contributed by atoms with van der Waals surface area (Å²) in [7, 11) is 0. The summed E-state index contributed by atoms with van der Waals surface area (Å²) in [6.07, 6.45) is 3.68. The first-order valence-corrected chi connectivity index (χ1v) is 7.36. The molecular formula is C15H22ClNO2. The van der Waals surface area contributed by atoms with E-state index in [9.17, 15) is 5.11 Å². The predicted octanol–water partition coefficient (Wildman–Crippen LogP) is 3.13. The van der Waals surface area contributed by atoms with Crippen molar-refractivity contribution >= 4 is 17.3 Å². The third kappa shape index (κ3) is 3.41. The molecule has 1 unspecified atom stereocenters. The number of hydrogen-bond acceptors (Lipinski definition) is 3. The zero-order valence-electron chi connectivity index (χ0n) is 11.3. The molecule has 1 aliphatic rings. The third-order valence-corrected chi connectivity index (χ3v) is 4.14. The van der Waals surface area contributed by atoms with E-state index >= 15 is 0 Å². The summed E-state index contributed by atoms with van der Waals surface area (Å²) in [5.41, 5.74) is 1.89. The number of nitrogens with zero attached hydrogens (tertiary/aromatic N) is 1. The number of hydrogen-bond donors (Lipinski definition) is 2. The summed E-state index contributed by atoms with van der Waals surface area (Å²) in [5, 5.41) is 19.2. The van der Waals surface area contributed by atoms with Crippen LogP contribution in [0.4, 0.5) is 5.69 Å². The molecule has 2 rings (SSSR count). The summed E-state index contributed by atoms with van der Waals surface area (Å²) in [6, 6.07) is 6.26. The van der Waals surface area contributed by atoms with Gasteiger partial charge in [0, 0.05) is 19.2 Å².